The molecule has 0 saturated heterocycles. The van der Waals surface area contributed by atoms with Crippen LogP contribution in [0.3, 0.4) is 0 Å². The van der Waals surface area contributed by atoms with E-state index in [0.29, 0.717) is 0 Å². The van der Waals surface area contributed by atoms with Gasteiger partial charge in [0, 0.05) is 0 Å². The number of fused-ring (bicyclic) bond motifs is 6. The predicted molar refractivity (Wildman–Crippen MR) is 195 cm³/mol. The third kappa shape index (κ3) is 4.14. The quantitative estimate of drug-likeness (QED) is 0.146. The van der Waals surface area contributed by atoms with E-state index in [1.54, 1.807) is 0 Å². The van der Waals surface area contributed by atoms with Gasteiger partial charge >= 0.3 is 0 Å². The largest absolute Gasteiger partial charge is 0.0622 e. The van der Waals surface area contributed by atoms with E-state index in [1.807, 2.05) is 0 Å². The molecule has 0 spiro atoms. The summed E-state index contributed by atoms with van der Waals surface area (Å²) in [5.41, 5.74) is 8.83. The lowest BCUT2D eigenvalue weighted by atomic mass is 9.84. The Hall–Kier alpha value is -5.72. The van der Waals surface area contributed by atoms with E-state index in [0.717, 1.165) is 0 Å². The van der Waals surface area contributed by atoms with E-state index in [2.05, 4.69) is 171 Å². The van der Waals surface area contributed by atoms with Crippen molar-refractivity contribution in [2.24, 2.45) is 0 Å². The second-order valence-electron chi connectivity index (χ2n) is 12.2. The molecule has 210 valence electrons. The Labute approximate surface area is 262 Å². The first-order chi connectivity index (χ1) is 22.2. The fourth-order valence-electron chi connectivity index (χ4n) is 7.37. The van der Waals surface area contributed by atoms with Crippen molar-refractivity contribution in [2.75, 3.05) is 0 Å². The Morgan fingerprint density at radius 2 is 0.889 bits per heavy atom. The van der Waals surface area contributed by atoms with E-state index in [9.17, 15) is 0 Å². The standard InChI is InChI=1S/C45H30/c1-29-19-22-39-42(25-29)44(30-11-4-2-5-12-30)40-24-21-35(28-43(40)45(39)31-13-6-3-7-14-31)36-17-10-18-37-38(36)23-20-34-26-32-15-8-9-16-33(32)27-41(34)37/h2-28H,1H3. The number of hydrogen-bond donors (Lipinski definition) is 0. The van der Waals surface area contributed by atoms with E-state index < -0.39 is 0 Å². The highest BCUT2D eigenvalue weighted by Crippen LogP contribution is 2.45. The minimum Gasteiger partial charge on any atom is -0.0622 e. The molecule has 0 aromatic heterocycles. The first-order valence-corrected chi connectivity index (χ1v) is 15.7. The molecule has 0 aliphatic rings. The Morgan fingerprint density at radius 3 is 1.60 bits per heavy atom. The van der Waals surface area contributed by atoms with Crippen molar-refractivity contribution in [1.82, 2.24) is 0 Å². The molecule has 9 aromatic rings. The van der Waals surface area contributed by atoms with Crippen LogP contribution in [-0.2, 0) is 0 Å². The molecule has 9 aromatic carbocycles. The first-order valence-electron chi connectivity index (χ1n) is 15.7. The minimum atomic E-state index is 1.23. The molecule has 0 fully saturated rings. The van der Waals surface area contributed by atoms with Gasteiger partial charge in [0.1, 0.15) is 0 Å². The maximum atomic E-state index is 2.43. The van der Waals surface area contributed by atoms with Crippen molar-refractivity contribution in [2.45, 2.75) is 6.92 Å². The number of hydrogen-bond acceptors (Lipinski definition) is 0. The van der Waals surface area contributed by atoms with Gasteiger partial charge in [-0.3, -0.25) is 0 Å². The van der Waals surface area contributed by atoms with Gasteiger partial charge in [-0.15, -0.1) is 0 Å². The summed E-state index contributed by atoms with van der Waals surface area (Å²) < 4.78 is 0. The summed E-state index contributed by atoms with van der Waals surface area (Å²) in [4.78, 5) is 0. The van der Waals surface area contributed by atoms with Crippen LogP contribution in [0, 0.1) is 6.92 Å². The molecule has 0 nitrogen and oxygen atoms in total. The summed E-state index contributed by atoms with van der Waals surface area (Å²) in [7, 11) is 0. The SMILES string of the molecule is Cc1ccc2c(-c3ccccc3)c3cc(-c4cccc5c4ccc4cc6ccccc6cc45)ccc3c(-c3ccccc3)c2c1. The average molecular weight is 571 g/mol. The highest BCUT2D eigenvalue weighted by Gasteiger charge is 2.18. The lowest BCUT2D eigenvalue weighted by molar-refractivity contribution is 1.51. The van der Waals surface area contributed by atoms with Crippen LogP contribution >= 0.6 is 0 Å². The number of aryl methyl sites for hydroxylation is 1. The Bertz CT molecular complexity index is 2570. The van der Waals surface area contributed by atoms with Gasteiger partial charge in [-0.25, -0.2) is 0 Å². The molecule has 0 radical (unpaired) electrons. The monoisotopic (exact) mass is 570 g/mol. The van der Waals surface area contributed by atoms with Crippen molar-refractivity contribution in [3.05, 3.63) is 169 Å². The van der Waals surface area contributed by atoms with Crippen molar-refractivity contribution < 1.29 is 0 Å². The predicted octanol–water partition coefficient (Wildman–Crippen LogP) is 12.8. The maximum absolute atomic E-state index is 2.43. The Balaban J connectivity index is 1.38. The fourth-order valence-corrected chi connectivity index (χ4v) is 7.37. The zero-order valence-electron chi connectivity index (χ0n) is 25.1. The van der Waals surface area contributed by atoms with Crippen LogP contribution < -0.4 is 0 Å². The van der Waals surface area contributed by atoms with Crippen LogP contribution in [-0.4, -0.2) is 0 Å². The molecule has 0 unspecified atom stereocenters. The molecule has 45 heavy (non-hydrogen) atoms. The molecule has 0 atom stereocenters. The molecule has 0 heteroatoms. The molecular formula is C45H30. The van der Waals surface area contributed by atoms with Crippen molar-refractivity contribution >= 4 is 53.9 Å². The van der Waals surface area contributed by atoms with Gasteiger partial charge in [0.15, 0.2) is 0 Å². The second kappa shape index (κ2) is 10.2. The Morgan fingerprint density at radius 1 is 0.289 bits per heavy atom. The topological polar surface area (TPSA) is 0 Å². The number of rotatable bonds is 3. The molecule has 0 N–H and O–H groups in total. The second-order valence-corrected chi connectivity index (χ2v) is 12.2. The summed E-state index contributed by atoms with van der Waals surface area (Å²) in [6.45, 7) is 2.19. The van der Waals surface area contributed by atoms with Gasteiger partial charge in [0.05, 0.1) is 0 Å². The van der Waals surface area contributed by atoms with Gasteiger partial charge in [-0.2, -0.15) is 0 Å². The maximum Gasteiger partial charge on any atom is -0.00262 e. The summed E-state index contributed by atoms with van der Waals surface area (Å²) in [6.07, 6.45) is 0. The van der Waals surface area contributed by atoms with Gasteiger partial charge in [-0.1, -0.05) is 151 Å². The molecule has 0 aliphatic heterocycles. The molecule has 0 saturated carbocycles. The summed E-state index contributed by atoms with van der Waals surface area (Å²) in [6, 6.07) is 60.5. The van der Waals surface area contributed by atoms with Gasteiger partial charge in [0.2, 0.25) is 0 Å². The summed E-state index contributed by atoms with van der Waals surface area (Å²) >= 11 is 0. The van der Waals surface area contributed by atoms with Crippen LogP contribution in [0.2, 0.25) is 0 Å². The zero-order chi connectivity index (χ0) is 29.9. The lowest BCUT2D eigenvalue weighted by Crippen LogP contribution is -1.92. The molecule has 0 amide bonds. The average Bonchev–Trinajstić information content (AvgIpc) is 3.10. The fraction of sp³-hybridized carbons (Fsp3) is 0.0222. The van der Waals surface area contributed by atoms with Gasteiger partial charge in [0.25, 0.3) is 0 Å². The van der Waals surface area contributed by atoms with Crippen LogP contribution in [0.15, 0.2) is 164 Å². The van der Waals surface area contributed by atoms with E-state index >= 15 is 0 Å². The normalized spacial score (nSPS) is 11.7. The molecule has 0 aliphatic carbocycles. The van der Waals surface area contributed by atoms with Crippen molar-refractivity contribution in [3.8, 4) is 33.4 Å². The molecular weight excluding hydrogens is 540 g/mol. The highest BCUT2D eigenvalue weighted by molar-refractivity contribution is 6.23. The summed E-state index contributed by atoms with van der Waals surface area (Å²) in [5, 5.41) is 12.8. The molecule has 0 bridgehead atoms. The van der Waals surface area contributed by atoms with E-state index in [4.69, 9.17) is 0 Å². The third-order valence-electron chi connectivity index (χ3n) is 9.45. The van der Waals surface area contributed by atoms with E-state index in [1.165, 1.54) is 92.8 Å². The van der Waals surface area contributed by atoms with Crippen LogP contribution in [0.1, 0.15) is 5.56 Å². The van der Waals surface area contributed by atoms with Crippen molar-refractivity contribution in [3.63, 3.8) is 0 Å². The van der Waals surface area contributed by atoms with E-state index in [-0.39, 0.29) is 0 Å². The lowest BCUT2D eigenvalue weighted by Gasteiger charge is -2.19. The van der Waals surface area contributed by atoms with Gasteiger partial charge < -0.3 is 0 Å². The highest BCUT2D eigenvalue weighted by atomic mass is 14.2. The third-order valence-corrected chi connectivity index (χ3v) is 9.45. The van der Waals surface area contributed by atoms with Crippen LogP contribution in [0.25, 0.3) is 87.2 Å². The van der Waals surface area contributed by atoms with Crippen molar-refractivity contribution in [1.29, 1.82) is 0 Å². The van der Waals surface area contributed by atoms with Gasteiger partial charge in [-0.05, 0) is 112 Å². The smallest absolute Gasteiger partial charge is 0.00262 e. The number of benzene rings is 9. The Kier molecular flexibility index (Phi) is 5.83. The first kappa shape index (κ1) is 25.7. The van der Waals surface area contributed by atoms with Crippen LogP contribution in [0.5, 0.6) is 0 Å². The van der Waals surface area contributed by atoms with Crippen LogP contribution in [0.4, 0.5) is 0 Å². The minimum absolute atomic E-state index is 1.23. The zero-order valence-corrected chi connectivity index (χ0v) is 25.1. The molecule has 9 rings (SSSR count). The molecule has 0 heterocycles. The summed E-state index contributed by atoms with van der Waals surface area (Å²) in [5.74, 6) is 0.